The van der Waals surface area contributed by atoms with Gasteiger partial charge in [-0.25, -0.2) is 0 Å². The van der Waals surface area contributed by atoms with Crippen LogP contribution in [0.3, 0.4) is 0 Å². The molecule has 0 aromatic heterocycles. The first kappa shape index (κ1) is 28.1. The first-order valence-electron chi connectivity index (χ1n) is 11.1. The molecule has 1 aromatic rings. The number of carbonyl (C=O) groups is 4. The Kier molecular flexibility index (Phi) is 10.5. The van der Waals surface area contributed by atoms with E-state index < -0.39 is 35.5 Å². The van der Waals surface area contributed by atoms with E-state index in [1.807, 2.05) is 13.8 Å². The Labute approximate surface area is 194 Å². The van der Waals surface area contributed by atoms with Crippen molar-refractivity contribution in [2.24, 2.45) is 17.6 Å². The summed E-state index contributed by atoms with van der Waals surface area (Å²) in [5.74, 6) is -3.45. The zero-order chi connectivity index (χ0) is 25.3. The molecule has 0 saturated heterocycles. The summed E-state index contributed by atoms with van der Waals surface area (Å²) in [6.07, 6.45) is 0.144. The molecule has 0 saturated carbocycles. The van der Waals surface area contributed by atoms with Crippen molar-refractivity contribution in [1.29, 1.82) is 0 Å². The van der Waals surface area contributed by atoms with Gasteiger partial charge in [-0.3, -0.25) is 19.2 Å². The average Bonchev–Trinajstić information content (AvgIpc) is 2.73. The van der Waals surface area contributed by atoms with Gasteiger partial charge in [-0.15, -0.1) is 0 Å². The molecule has 33 heavy (non-hydrogen) atoms. The number of rotatable bonds is 12. The van der Waals surface area contributed by atoms with Crippen molar-refractivity contribution in [3.63, 3.8) is 0 Å². The summed E-state index contributed by atoms with van der Waals surface area (Å²) in [4.78, 5) is 47.8. The molecule has 0 heterocycles. The van der Waals surface area contributed by atoms with Crippen LogP contribution in [0.25, 0.3) is 0 Å². The number of ether oxygens (including phenoxy) is 3. The van der Waals surface area contributed by atoms with E-state index in [1.165, 1.54) is 19.1 Å². The van der Waals surface area contributed by atoms with Crippen LogP contribution in [0.15, 0.2) is 18.2 Å². The van der Waals surface area contributed by atoms with Gasteiger partial charge in [-0.05, 0) is 37.5 Å². The molecule has 184 valence electrons. The summed E-state index contributed by atoms with van der Waals surface area (Å²) in [5.41, 5.74) is 4.86. The van der Waals surface area contributed by atoms with E-state index in [-0.39, 0.29) is 36.2 Å². The third kappa shape index (κ3) is 8.49. The molecule has 4 atom stereocenters. The molecule has 1 rings (SSSR count). The molecule has 0 radical (unpaired) electrons. The van der Waals surface area contributed by atoms with Crippen LogP contribution >= 0.6 is 0 Å². The maximum atomic E-state index is 12.4. The minimum atomic E-state index is -1.75. The van der Waals surface area contributed by atoms with Crippen molar-refractivity contribution in [2.75, 3.05) is 0 Å². The lowest BCUT2D eigenvalue weighted by Gasteiger charge is -2.28. The van der Waals surface area contributed by atoms with Crippen LogP contribution in [-0.4, -0.2) is 40.6 Å². The lowest BCUT2D eigenvalue weighted by atomic mass is 9.86. The van der Waals surface area contributed by atoms with Gasteiger partial charge in [0, 0.05) is 19.8 Å². The maximum Gasteiger partial charge on any atom is 0.324 e. The first-order chi connectivity index (χ1) is 15.3. The van der Waals surface area contributed by atoms with Gasteiger partial charge in [0.1, 0.15) is 11.6 Å². The Morgan fingerprint density at radius 2 is 1.48 bits per heavy atom. The van der Waals surface area contributed by atoms with E-state index in [1.54, 1.807) is 26.8 Å². The summed E-state index contributed by atoms with van der Waals surface area (Å²) in [6.45, 7) is 9.91. The summed E-state index contributed by atoms with van der Waals surface area (Å²) in [5, 5.41) is 9.74. The van der Waals surface area contributed by atoms with E-state index in [0.717, 1.165) is 0 Å². The molecule has 9 nitrogen and oxygen atoms in total. The number of hydrogen-bond donors (Lipinski definition) is 2. The van der Waals surface area contributed by atoms with E-state index in [2.05, 4.69) is 0 Å². The normalized spacial score (nSPS) is 15.5. The van der Waals surface area contributed by atoms with Crippen LogP contribution < -0.4 is 15.2 Å². The topological polar surface area (TPSA) is 142 Å². The van der Waals surface area contributed by atoms with Crippen LogP contribution in [-0.2, 0) is 30.3 Å². The molecule has 0 fully saturated rings. The number of esters is 3. The van der Waals surface area contributed by atoms with E-state index in [9.17, 15) is 24.3 Å². The minimum Gasteiger partial charge on any atom is -0.480 e. The van der Waals surface area contributed by atoms with Gasteiger partial charge >= 0.3 is 23.9 Å². The van der Waals surface area contributed by atoms with Crippen molar-refractivity contribution in [2.45, 2.75) is 78.9 Å². The Balaban J connectivity index is 3.28. The number of nitrogens with two attached hydrogens (primary N) is 1. The Morgan fingerprint density at radius 3 is 1.94 bits per heavy atom. The molecule has 3 N–H and O–H groups in total. The summed E-state index contributed by atoms with van der Waals surface area (Å²) >= 11 is 0. The molecular formula is C24H35NO8. The predicted octanol–water partition coefficient (Wildman–Crippen LogP) is 3.26. The molecule has 0 aliphatic carbocycles. The molecule has 0 spiro atoms. The van der Waals surface area contributed by atoms with Gasteiger partial charge in [0.25, 0.3) is 0 Å². The Bertz CT molecular complexity index is 868. The zero-order valence-electron chi connectivity index (χ0n) is 20.2. The summed E-state index contributed by atoms with van der Waals surface area (Å²) < 4.78 is 16.0. The second-order valence-corrected chi connectivity index (χ2v) is 8.50. The van der Waals surface area contributed by atoms with Gasteiger partial charge in [-0.2, -0.15) is 0 Å². The lowest BCUT2D eigenvalue weighted by molar-refractivity contribution is -0.151. The SMILES string of the molecule is CCC(C)C(=O)Oc1ccc(CC(N)(C[C@H](C)OC(C)=O)C(=O)O)cc1OC(=O)C(C)CC. The third-order valence-corrected chi connectivity index (χ3v) is 5.42. The number of hydrogen-bond acceptors (Lipinski definition) is 8. The fourth-order valence-electron chi connectivity index (χ4n) is 3.02. The number of carboxylic acid groups (broad SMARTS) is 1. The summed E-state index contributed by atoms with van der Waals surface area (Å²) in [7, 11) is 0. The standard InChI is InChI=1S/C24H35NO8/c1-7-14(3)21(27)32-19-10-9-18(11-20(19)33-22(28)15(4)8-2)13-24(25,23(29)30)12-16(5)31-17(6)26/h9-11,14-16H,7-8,12-13,25H2,1-6H3,(H,29,30)/t14?,15?,16-,24?/m0/s1. The van der Waals surface area contributed by atoms with Crippen LogP contribution in [0, 0.1) is 11.8 Å². The minimum absolute atomic E-state index is 0.00947. The zero-order valence-corrected chi connectivity index (χ0v) is 20.2. The fourth-order valence-corrected chi connectivity index (χ4v) is 3.02. The molecule has 1 aromatic carbocycles. The molecule has 0 aliphatic heterocycles. The fraction of sp³-hybridized carbons (Fsp3) is 0.583. The number of benzene rings is 1. The molecule has 0 bridgehead atoms. The maximum absolute atomic E-state index is 12.4. The Morgan fingerprint density at radius 1 is 0.970 bits per heavy atom. The third-order valence-electron chi connectivity index (χ3n) is 5.42. The van der Waals surface area contributed by atoms with Gasteiger partial charge in [0.2, 0.25) is 0 Å². The summed E-state index contributed by atoms with van der Waals surface area (Å²) in [6, 6.07) is 4.45. The highest BCUT2D eigenvalue weighted by molar-refractivity contribution is 5.80. The average molecular weight is 466 g/mol. The second-order valence-electron chi connectivity index (χ2n) is 8.50. The van der Waals surface area contributed by atoms with Gasteiger partial charge < -0.3 is 25.1 Å². The molecule has 3 unspecified atom stereocenters. The largest absolute Gasteiger partial charge is 0.480 e. The highest BCUT2D eigenvalue weighted by Crippen LogP contribution is 2.32. The first-order valence-corrected chi connectivity index (χ1v) is 11.1. The van der Waals surface area contributed by atoms with Crippen LogP contribution in [0.2, 0.25) is 0 Å². The van der Waals surface area contributed by atoms with Crippen molar-refractivity contribution in [3.8, 4) is 11.5 Å². The van der Waals surface area contributed by atoms with Gasteiger partial charge in [-0.1, -0.05) is 33.8 Å². The van der Waals surface area contributed by atoms with E-state index in [0.29, 0.717) is 18.4 Å². The van der Waals surface area contributed by atoms with Gasteiger partial charge in [0.15, 0.2) is 11.5 Å². The molecule has 0 aliphatic rings. The van der Waals surface area contributed by atoms with Crippen molar-refractivity contribution >= 4 is 23.9 Å². The van der Waals surface area contributed by atoms with Crippen molar-refractivity contribution in [1.82, 2.24) is 0 Å². The number of carbonyl (C=O) groups excluding carboxylic acids is 3. The van der Waals surface area contributed by atoms with Gasteiger partial charge in [0.05, 0.1) is 11.8 Å². The quantitative estimate of drug-likeness (QED) is 0.351. The number of carboxylic acids is 1. The highest BCUT2D eigenvalue weighted by Gasteiger charge is 2.37. The van der Waals surface area contributed by atoms with Crippen molar-refractivity contribution in [3.05, 3.63) is 23.8 Å². The molecular weight excluding hydrogens is 430 g/mol. The van der Waals surface area contributed by atoms with E-state index in [4.69, 9.17) is 19.9 Å². The smallest absolute Gasteiger partial charge is 0.324 e. The van der Waals surface area contributed by atoms with E-state index >= 15 is 0 Å². The lowest BCUT2D eigenvalue weighted by Crippen LogP contribution is -2.52. The van der Waals surface area contributed by atoms with Crippen LogP contribution in [0.1, 0.15) is 66.4 Å². The highest BCUT2D eigenvalue weighted by atomic mass is 16.6. The monoisotopic (exact) mass is 465 g/mol. The second kappa shape index (κ2) is 12.3. The molecule has 9 heteroatoms. The Hall–Kier alpha value is -2.94. The number of aliphatic carboxylic acids is 1. The van der Waals surface area contributed by atoms with Crippen LogP contribution in [0.5, 0.6) is 11.5 Å². The predicted molar refractivity (Wildman–Crippen MR) is 121 cm³/mol. The van der Waals surface area contributed by atoms with Crippen molar-refractivity contribution < 1.29 is 38.5 Å². The molecule has 0 amide bonds. The van der Waals surface area contributed by atoms with Crippen LogP contribution in [0.4, 0.5) is 0 Å².